The van der Waals surface area contributed by atoms with Crippen LogP contribution in [0.25, 0.3) is 0 Å². The van der Waals surface area contributed by atoms with E-state index in [2.05, 4.69) is 24.5 Å². The second kappa shape index (κ2) is 12.8. The van der Waals surface area contributed by atoms with Crippen molar-refractivity contribution < 1.29 is 14.3 Å². The molecule has 0 aromatic heterocycles. The number of carbonyl (C=O) groups is 1. The fraction of sp³-hybridized carbons (Fsp3) is 0.923. The van der Waals surface area contributed by atoms with Gasteiger partial charge < -0.3 is 20.1 Å². The quantitative estimate of drug-likeness (QED) is 0.513. The summed E-state index contributed by atoms with van der Waals surface area (Å²) in [5, 5.41) is 6.11. The Morgan fingerprint density at radius 1 is 1.11 bits per heavy atom. The molecule has 0 bridgehead atoms. The number of ether oxygens (including phenoxy) is 2. The summed E-state index contributed by atoms with van der Waals surface area (Å²) < 4.78 is 10.2. The zero-order valence-corrected chi connectivity index (χ0v) is 12.0. The first kappa shape index (κ1) is 17.4. The van der Waals surface area contributed by atoms with Gasteiger partial charge in [-0.05, 0) is 12.8 Å². The van der Waals surface area contributed by atoms with Crippen molar-refractivity contribution >= 4 is 5.91 Å². The molecule has 0 aliphatic carbocycles. The van der Waals surface area contributed by atoms with E-state index in [-0.39, 0.29) is 5.91 Å². The van der Waals surface area contributed by atoms with E-state index in [0.717, 1.165) is 32.5 Å². The summed E-state index contributed by atoms with van der Waals surface area (Å²) in [5.41, 5.74) is 0. The Morgan fingerprint density at radius 3 is 2.56 bits per heavy atom. The highest BCUT2D eigenvalue weighted by molar-refractivity contribution is 5.75. The molecule has 0 aromatic rings. The third-order valence-electron chi connectivity index (χ3n) is 2.37. The van der Waals surface area contributed by atoms with Crippen LogP contribution in [0.1, 0.15) is 33.1 Å². The number of rotatable bonds is 12. The van der Waals surface area contributed by atoms with Gasteiger partial charge in [-0.2, -0.15) is 0 Å². The summed E-state index contributed by atoms with van der Waals surface area (Å²) in [6.45, 7) is 7.62. The van der Waals surface area contributed by atoms with Crippen molar-refractivity contribution in [1.29, 1.82) is 0 Å². The van der Waals surface area contributed by atoms with Crippen molar-refractivity contribution in [2.24, 2.45) is 0 Å². The maximum Gasteiger partial charge on any atom is 0.221 e. The van der Waals surface area contributed by atoms with Crippen LogP contribution in [0.15, 0.2) is 0 Å². The molecule has 0 radical (unpaired) electrons. The van der Waals surface area contributed by atoms with Gasteiger partial charge in [-0.3, -0.25) is 4.79 Å². The van der Waals surface area contributed by atoms with Crippen LogP contribution in [0.3, 0.4) is 0 Å². The Labute approximate surface area is 111 Å². The summed E-state index contributed by atoms with van der Waals surface area (Å²) in [6.07, 6.45) is 2.47. The fourth-order valence-corrected chi connectivity index (χ4v) is 1.36. The molecule has 108 valence electrons. The minimum atomic E-state index is 0.114. The molecule has 0 rings (SSSR count). The van der Waals surface area contributed by atoms with Gasteiger partial charge in [-0.15, -0.1) is 0 Å². The Hall–Kier alpha value is -0.650. The second-order valence-corrected chi connectivity index (χ2v) is 4.52. The molecule has 18 heavy (non-hydrogen) atoms. The van der Waals surface area contributed by atoms with Crippen molar-refractivity contribution in [3.8, 4) is 0 Å². The Morgan fingerprint density at radius 2 is 1.89 bits per heavy atom. The predicted molar refractivity (Wildman–Crippen MR) is 72.7 cm³/mol. The molecule has 0 saturated carbocycles. The van der Waals surface area contributed by atoms with Gasteiger partial charge in [0.05, 0.1) is 13.2 Å². The molecule has 0 unspecified atom stereocenters. The second-order valence-electron chi connectivity index (χ2n) is 4.52. The Kier molecular flexibility index (Phi) is 12.3. The summed E-state index contributed by atoms with van der Waals surface area (Å²) in [6, 6.07) is 0.432. The monoisotopic (exact) mass is 260 g/mol. The topological polar surface area (TPSA) is 59.6 Å². The van der Waals surface area contributed by atoms with E-state index >= 15 is 0 Å². The lowest BCUT2D eigenvalue weighted by atomic mass is 10.3. The van der Waals surface area contributed by atoms with Gasteiger partial charge >= 0.3 is 0 Å². The molecule has 0 heterocycles. The lowest BCUT2D eigenvalue weighted by molar-refractivity contribution is -0.121. The molecule has 0 atom stereocenters. The van der Waals surface area contributed by atoms with Crippen molar-refractivity contribution in [2.45, 2.75) is 39.2 Å². The van der Waals surface area contributed by atoms with Crippen LogP contribution in [-0.4, -0.2) is 52.0 Å². The van der Waals surface area contributed by atoms with Crippen LogP contribution in [0.4, 0.5) is 0 Å². The van der Waals surface area contributed by atoms with E-state index in [0.29, 0.717) is 25.7 Å². The molecule has 1 amide bonds. The zero-order valence-electron chi connectivity index (χ0n) is 12.0. The Bertz CT molecular complexity index is 199. The molecule has 0 spiro atoms. The van der Waals surface area contributed by atoms with Gasteiger partial charge in [0.15, 0.2) is 0 Å². The van der Waals surface area contributed by atoms with Crippen molar-refractivity contribution in [3.05, 3.63) is 0 Å². The third-order valence-corrected chi connectivity index (χ3v) is 2.37. The first-order valence-electron chi connectivity index (χ1n) is 6.73. The first-order chi connectivity index (χ1) is 8.66. The van der Waals surface area contributed by atoms with Crippen molar-refractivity contribution in [2.75, 3.05) is 40.0 Å². The molecule has 0 aliphatic rings. The number of amides is 1. The molecule has 0 fully saturated rings. The summed E-state index contributed by atoms with van der Waals surface area (Å²) in [7, 11) is 1.66. The van der Waals surface area contributed by atoms with E-state index in [1.54, 1.807) is 7.11 Å². The lowest BCUT2D eigenvalue weighted by Gasteiger charge is -2.08. The summed E-state index contributed by atoms with van der Waals surface area (Å²) >= 11 is 0. The normalized spacial score (nSPS) is 10.9. The van der Waals surface area contributed by atoms with E-state index < -0.39 is 0 Å². The van der Waals surface area contributed by atoms with Crippen LogP contribution >= 0.6 is 0 Å². The van der Waals surface area contributed by atoms with Gasteiger partial charge in [0.1, 0.15) is 0 Å². The van der Waals surface area contributed by atoms with E-state index in [1.165, 1.54) is 0 Å². The van der Waals surface area contributed by atoms with Crippen LogP contribution in [0.5, 0.6) is 0 Å². The maximum atomic E-state index is 11.4. The van der Waals surface area contributed by atoms with E-state index in [1.807, 2.05) is 0 Å². The molecule has 0 aromatic carbocycles. The largest absolute Gasteiger partial charge is 0.382 e. The average Bonchev–Trinajstić information content (AvgIpc) is 2.32. The number of hydrogen-bond donors (Lipinski definition) is 2. The van der Waals surface area contributed by atoms with Gasteiger partial charge in [0.2, 0.25) is 5.91 Å². The highest BCUT2D eigenvalue weighted by atomic mass is 16.5. The highest BCUT2D eigenvalue weighted by Crippen LogP contribution is 1.89. The number of nitrogens with one attached hydrogen (secondary N) is 2. The van der Waals surface area contributed by atoms with Crippen molar-refractivity contribution in [1.82, 2.24) is 10.6 Å². The molecular formula is C13H28N2O3. The fourth-order valence-electron chi connectivity index (χ4n) is 1.36. The first-order valence-corrected chi connectivity index (χ1v) is 6.73. The van der Waals surface area contributed by atoms with Crippen LogP contribution in [-0.2, 0) is 14.3 Å². The minimum absolute atomic E-state index is 0.114. The van der Waals surface area contributed by atoms with E-state index in [4.69, 9.17) is 9.47 Å². The Balaban J connectivity index is 3.15. The van der Waals surface area contributed by atoms with E-state index in [9.17, 15) is 4.79 Å². The van der Waals surface area contributed by atoms with Gasteiger partial charge in [-0.25, -0.2) is 0 Å². The van der Waals surface area contributed by atoms with Gasteiger partial charge in [0.25, 0.3) is 0 Å². The standard InChI is InChI=1S/C13H28N2O3/c1-12(2)14-8-6-13(16)15-7-4-5-9-18-11-10-17-3/h12,14H,4-11H2,1-3H3,(H,15,16). The molecule has 5 heteroatoms. The van der Waals surface area contributed by atoms with Gasteiger partial charge in [-0.1, -0.05) is 13.8 Å². The molecule has 0 saturated heterocycles. The summed E-state index contributed by atoms with van der Waals surface area (Å²) in [4.78, 5) is 11.4. The number of carbonyl (C=O) groups excluding carboxylic acids is 1. The predicted octanol–water partition coefficient (Wildman–Crippen LogP) is 0.934. The third kappa shape index (κ3) is 13.4. The van der Waals surface area contributed by atoms with Crippen LogP contribution in [0.2, 0.25) is 0 Å². The SMILES string of the molecule is COCCOCCCCNC(=O)CCNC(C)C. The molecule has 2 N–H and O–H groups in total. The summed E-state index contributed by atoms with van der Waals surface area (Å²) in [5.74, 6) is 0.114. The smallest absolute Gasteiger partial charge is 0.221 e. The molecular weight excluding hydrogens is 232 g/mol. The molecule has 0 aliphatic heterocycles. The molecule has 5 nitrogen and oxygen atoms in total. The lowest BCUT2D eigenvalue weighted by Crippen LogP contribution is -2.31. The number of unbranched alkanes of at least 4 members (excludes halogenated alkanes) is 1. The highest BCUT2D eigenvalue weighted by Gasteiger charge is 2.00. The number of methoxy groups -OCH3 is 1. The average molecular weight is 260 g/mol. The maximum absolute atomic E-state index is 11.4. The van der Waals surface area contributed by atoms with Crippen LogP contribution in [0, 0.1) is 0 Å². The van der Waals surface area contributed by atoms with Gasteiger partial charge in [0, 0.05) is 39.3 Å². The zero-order chi connectivity index (χ0) is 13.6. The van der Waals surface area contributed by atoms with Crippen LogP contribution < -0.4 is 10.6 Å². The van der Waals surface area contributed by atoms with Crippen molar-refractivity contribution in [3.63, 3.8) is 0 Å². The minimum Gasteiger partial charge on any atom is -0.382 e. The number of hydrogen-bond acceptors (Lipinski definition) is 4.